The smallest absolute Gasteiger partial charge is 0.00183 e. The molecule has 0 bridgehead atoms. The molecular weight excluding hydrogens is 227 g/mol. The Labute approximate surface area is 109 Å². The fourth-order valence-corrected chi connectivity index (χ4v) is 4.16. The van der Waals surface area contributed by atoms with Gasteiger partial charge in [0.2, 0.25) is 0 Å². The van der Waals surface area contributed by atoms with Gasteiger partial charge in [0.05, 0.1) is 0 Å². The highest BCUT2D eigenvalue weighted by Gasteiger charge is 2.10. The zero-order valence-corrected chi connectivity index (χ0v) is 12.3. The van der Waals surface area contributed by atoms with Crippen molar-refractivity contribution in [3.05, 3.63) is 0 Å². The summed E-state index contributed by atoms with van der Waals surface area (Å²) in [5, 5.41) is 0. The van der Waals surface area contributed by atoms with E-state index in [9.17, 15) is 0 Å². The molecule has 0 aliphatic carbocycles. The summed E-state index contributed by atoms with van der Waals surface area (Å²) in [5.41, 5.74) is 0. The Morgan fingerprint density at radius 2 is 1.00 bits per heavy atom. The Balaban J connectivity index is 1.42. The van der Waals surface area contributed by atoms with Crippen LogP contribution in [-0.2, 0) is 0 Å². The molecule has 2 saturated heterocycles. The van der Waals surface area contributed by atoms with E-state index in [-0.39, 0.29) is 0 Å². The molecule has 17 heavy (non-hydrogen) atoms. The Kier molecular flexibility index (Phi) is 6.85. The summed E-state index contributed by atoms with van der Waals surface area (Å²) in [6, 6.07) is 0. The van der Waals surface area contributed by atoms with E-state index in [4.69, 9.17) is 0 Å². The van der Waals surface area contributed by atoms with Crippen LogP contribution in [0.15, 0.2) is 0 Å². The number of nitrogens with zero attached hydrogens (tertiary/aromatic N) is 2. The van der Waals surface area contributed by atoms with Crippen LogP contribution in [0.4, 0.5) is 0 Å². The molecule has 0 atom stereocenters. The van der Waals surface area contributed by atoms with E-state index in [1.165, 1.54) is 98.7 Å². The Morgan fingerprint density at radius 1 is 0.588 bits per heavy atom. The lowest BCUT2D eigenvalue weighted by atomic mass is 10.1. The van der Waals surface area contributed by atoms with Crippen molar-refractivity contribution in [1.29, 1.82) is 0 Å². The van der Waals surface area contributed by atoms with E-state index in [2.05, 4.69) is 9.80 Å². The molecule has 0 N–H and O–H groups in total. The molecule has 0 saturated carbocycles. The number of likely N-dealkylation sites (tertiary alicyclic amines) is 2. The minimum absolute atomic E-state index is 1.20. The first-order valence-electron chi connectivity index (χ1n) is 7.60. The van der Waals surface area contributed by atoms with E-state index in [0.29, 0.717) is 0 Å². The molecule has 3 heteroatoms. The van der Waals surface area contributed by atoms with E-state index in [1.807, 2.05) is 0 Å². The van der Waals surface area contributed by atoms with Gasteiger partial charge in [-0.05, 0) is 64.2 Å². The van der Waals surface area contributed by atoms with Crippen LogP contribution in [0, 0.1) is 0 Å². The molecule has 0 aromatic carbocycles. The third-order valence-corrected chi connectivity index (χ3v) is 5.26. The molecule has 0 amide bonds. The van der Waals surface area contributed by atoms with E-state index < -0.39 is 0 Å². The standard InChI is InChI=1S/C14H29N2P/c1-3-7-15(8-4-1)11-13-17-14-12-16-9-5-2-6-10-16/h17H,1-14H2. The molecule has 0 unspecified atom stereocenters. The number of hydrogen-bond donors (Lipinski definition) is 0. The zero-order chi connectivity index (χ0) is 11.8. The van der Waals surface area contributed by atoms with Gasteiger partial charge >= 0.3 is 0 Å². The predicted molar refractivity (Wildman–Crippen MR) is 78.6 cm³/mol. The molecule has 2 rings (SSSR count). The lowest BCUT2D eigenvalue weighted by Gasteiger charge is -2.27. The minimum Gasteiger partial charge on any atom is -0.303 e. The second-order valence-corrected chi connectivity index (χ2v) is 7.05. The van der Waals surface area contributed by atoms with Crippen LogP contribution in [0.2, 0.25) is 0 Å². The van der Waals surface area contributed by atoms with Crippen molar-refractivity contribution in [2.45, 2.75) is 38.5 Å². The summed E-state index contributed by atoms with van der Waals surface area (Å²) in [6.07, 6.45) is 11.6. The van der Waals surface area contributed by atoms with Crippen molar-refractivity contribution in [1.82, 2.24) is 9.80 Å². The number of rotatable bonds is 6. The maximum absolute atomic E-state index is 2.68. The highest BCUT2D eigenvalue weighted by molar-refractivity contribution is 7.38. The monoisotopic (exact) mass is 256 g/mol. The lowest BCUT2D eigenvalue weighted by molar-refractivity contribution is 0.239. The Bertz CT molecular complexity index is 167. The van der Waals surface area contributed by atoms with Crippen LogP contribution in [0.1, 0.15) is 38.5 Å². The van der Waals surface area contributed by atoms with Crippen LogP contribution in [0.5, 0.6) is 0 Å². The zero-order valence-electron chi connectivity index (χ0n) is 11.3. The summed E-state index contributed by atoms with van der Waals surface area (Å²) in [6.45, 7) is 8.23. The predicted octanol–water partition coefficient (Wildman–Crippen LogP) is 2.64. The van der Waals surface area contributed by atoms with Crippen LogP contribution >= 0.6 is 8.58 Å². The van der Waals surface area contributed by atoms with Crippen molar-refractivity contribution < 1.29 is 0 Å². The van der Waals surface area contributed by atoms with Gasteiger partial charge in [0.1, 0.15) is 0 Å². The molecule has 0 aromatic heterocycles. The van der Waals surface area contributed by atoms with Gasteiger partial charge in [-0.15, -0.1) is 8.58 Å². The highest BCUT2D eigenvalue weighted by Crippen LogP contribution is 2.15. The highest BCUT2D eigenvalue weighted by atomic mass is 31.1. The van der Waals surface area contributed by atoms with E-state index >= 15 is 0 Å². The van der Waals surface area contributed by atoms with Crippen molar-refractivity contribution in [3.8, 4) is 0 Å². The first kappa shape index (κ1) is 13.8. The maximum Gasteiger partial charge on any atom is 0.00183 e. The molecule has 0 aromatic rings. The fraction of sp³-hybridized carbons (Fsp3) is 1.00. The summed E-state index contributed by atoms with van der Waals surface area (Å²) in [4.78, 5) is 5.36. The van der Waals surface area contributed by atoms with Gasteiger partial charge < -0.3 is 9.80 Å². The first-order valence-corrected chi connectivity index (χ1v) is 9.02. The lowest BCUT2D eigenvalue weighted by Crippen LogP contribution is -2.32. The number of hydrogen-bond acceptors (Lipinski definition) is 2. The second kappa shape index (κ2) is 8.45. The second-order valence-electron chi connectivity index (χ2n) is 5.55. The molecule has 0 spiro atoms. The molecular formula is C14H29N2P. The van der Waals surface area contributed by atoms with Crippen LogP contribution in [0.25, 0.3) is 0 Å². The summed E-state index contributed by atoms with van der Waals surface area (Å²) < 4.78 is 0. The molecule has 2 fully saturated rings. The van der Waals surface area contributed by atoms with Gasteiger partial charge in [-0.25, -0.2) is 0 Å². The van der Waals surface area contributed by atoms with Crippen molar-refractivity contribution in [3.63, 3.8) is 0 Å². The summed E-state index contributed by atoms with van der Waals surface area (Å²) >= 11 is 0. The van der Waals surface area contributed by atoms with Gasteiger partial charge in [-0.2, -0.15) is 0 Å². The maximum atomic E-state index is 2.68. The quantitative estimate of drug-likeness (QED) is 0.532. The van der Waals surface area contributed by atoms with Gasteiger partial charge in [0.15, 0.2) is 0 Å². The molecule has 2 nitrogen and oxygen atoms in total. The Morgan fingerprint density at radius 3 is 1.41 bits per heavy atom. The molecule has 2 aliphatic rings. The SMILES string of the molecule is C1CCN(CCPCCN2CCCCC2)CC1. The first-order chi connectivity index (χ1) is 8.45. The number of piperidine rings is 2. The molecule has 2 heterocycles. The average molecular weight is 256 g/mol. The third kappa shape index (κ3) is 5.68. The van der Waals surface area contributed by atoms with Gasteiger partial charge in [0.25, 0.3) is 0 Å². The largest absolute Gasteiger partial charge is 0.303 e. The average Bonchev–Trinajstić information content (AvgIpc) is 2.41. The van der Waals surface area contributed by atoms with Crippen LogP contribution in [0.3, 0.4) is 0 Å². The third-order valence-electron chi connectivity index (χ3n) is 4.11. The molecule has 100 valence electrons. The Hall–Kier alpha value is 0.350. The van der Waals surface area contributed by atoms with E-state index in [1.54, 1.807) is 0 Å². The van der Waals surface area contributed by atoms with Crippen molar-refractivity contribution in [2.75, 3.05) is 51.6 Å². The minimum atomic E-state index is 1.20. The van der Waals surface area contributed by atoms with Crippen molar-refractivity contribution in [2.24, 2.45) is 0 Å². The van der Waals surface area contributed by atoms with Crippen LogP contribution < -0.4 is 0 Å². The molecule has 0 radical (unpaired) electrons. The van der Waals surface area contributed by atoms with Crippen molar-refractivity contribution >= 4 is 8.58 Å². The van der Waals surface area contributed by atoms with Gasteiger partial charge in [-0.1, -0.05) is 12.8 Å². The topological polar surface area (TPSA) is 6.48 Å². The van der Waals surface area contributed by atoms with Crippen LogP contribution in [-0.4, -0.2) is 61.4 Å². The summed E-state index contributed by atoms with van der Waals surface area (Å²) in [7, 11) is 1.20. The normalized spacial score (nSPS) is 24.0. The molecule has 2 aliphatic heterocycles. The van der Waals surface area contributed by atoms with Gasteiger partial charge in [0, 0.05) is 13.1 Å². The van der Waals surface area contributed by atoms with E-state index in [0.717, 1.165) is 0 Å². The fourth-order valence-electron chi connectivity index (χ4n) is 2.97. The van der Waals surface area contributed by atoms with Gasteiger partial charge in [-0.3, -0.25) is 0 Å². The summed E-state index contributed by atoms with van der Waals surface area (Å²) in [5.74, 6) is 0.